The van der Waals surface area contributed by atoms with Crippen LogP contribution in [0.1, 0.15) is 31.2 Å². The van der Waals surface area contributed by atoms with Gasteiger partial charge in [-0.25, -0.2) is 0 Å². The molecule has 0 unspecified atom stereocenters. The van der Waals surface area contributed by atoms with Gasteiger partial charge in [0.15, 0.2) is 0 Å². The van der Waals surface area contributed by atoms with Crippen LogP contribution in [0.25, 0.3) is 0 Å². The number of methoxy groups -OCH3 is 1. The smallest absolute Gasteiger partial charge is 0.119 e. The molecular formula is C15H24N2O. The largest absolute Gasteiger partial charge is 0.497 e. The Bertz CT molecular complexity index is 363. The standard InChI is InChI=1S/C15H24N2O/c1-18-15-8-2-5-13(11-15)12-17(10-4-9-16)14-6-3-7-14/h2,5,8,11,14H,3-4,6-7,9-10,12,16H2,1H3. The first kappa shape index (κ1) is 13.4. The number of benzene rings is 1. The third-order valence-corrected chi connectivity index (χ3v) is 3.76. The monoisotopic (exact) mass is 248 g/mol. The summed E-state index contributed by atoms with van der Waals surface area (Å²) in [6.07, 6.45) is 5.14. The van der Waals surface area contributed by atoms with Gasteiger partial charge in [0, 0.05) is 12.6 Å². The molecule has 1 aromatic carbocycles. The van der Waals surface area contributed by atoms with E-state index < -0.39 is 0 Å². The predicted octanol–water partition coefficient (Wildman–Crippen LogP) is 2.40. The second-order valence-electron chi connectivity index (χ2n) is 5.05. The normalized spacial score (nSPS) is 15.7. The third-order valence-electron chi connectivity index (χ3n) is 3.76. The minimum absolute atomic E-state index is 0.766. The van der Waals surface area contributed by atoms with Gasteiger partial charge in [-0.15, -0.1) is 0 Å². The van der Waals surface area contributed by atoms with Crippen molar-refractivity contribution in [2.75, 3.05) is 20.2 Å². The van der Waals surface area contributed by atoms with Crippen LogP contribution in [-0.4, -0.2) is 31.1 Å². The van der Waals surface area contributed by atoms with Gasteiger partial charge in [-0.1, -0.05) is 18.6 Å². The van der Waals surface area contributed by atoms with Crippen molar-refractivity contribution in [3.63, 3.8) is 0 Å². The van der Waals surface area contributed by atoms with Gasteiger partial charge in [-0.3, -0.25) is 4.90 Å². The van der Waals surface area contributed by atoms with E-state index in [0.29, 0.717) is 0 Å². The Morgan fingerprint density at radius 2 is 2.22 bits per heavy atom. The summed E-state index contributed by atoms with van der Waals surface area (Å²) in [4.78, 5) is 2.57. The van der Waals surface area contributed by atoms with Crippen molar-refractivity contribution in [2.24, 2.45) is 5.73 Å². The zero-order chi connectivity index (χ0) is 12.8. The maximum Gasteiger partial charge on any atom is 0.119 e. The van der Waals surface area contributed by atoms with Crippen molar-refractivity contribution in [3.8, 4) is 5.75 Å². The van der Waals surface area contributed by atoms with Crippen molar-refractivity contribution in [1.29, 1.82) is 0 Å². The Hall–Kier alpha value is -1.06. The molecule has 0 aromatic heterocycles. The lowest BCUT2D eigenvalue weighted by molar-refractivity contribution is 0.118. The molecule has 0 aliphatic heterocycles. The van der Waals surface area contributed by atoms with Crippen LogP contribution in [0.3, 0.4) is 0 Å². The summed E-state index contributed by atoms with van der Waals surface area (Å²) in [5.41, 5.74) is 6.96. The van der Waals surface area contributed by atoms with E-state index in [1.54, 1.807) is 7.11 Å². The predicted molar refractivity (Wildman–Crippen MR) is 74.7 cm³/mol. The molecule has 1 saturated carbocycles. The average Bonchev–Trinajstić information content (AvgIpc) is 2.34. The number of nitrogens with zero attached hydrogens (tertiary/aromatic N) is 1. The molecule has 1 aromatic rings. The fourth-order valence-corrected chi connectivity index (χ4v) is 2.44. The van der Waals surface area contributed by atoms with Crippen molar-refractivity contribution in [3.05, 3.63) is 29.8 Å². The average molecular weight is 248 g/mol. The zero-order valence-corrected chi connectivity index (χ0v) is 11.3. The first-order valence-corrected chi connectivity index (χ1v) is 6.90. The van der Waals surface area contributed by atoms with Gasteiger partial charge >= 0.3 is 0 Å². The highest BCUT2D eigenvalue weighted by Crippen LogP contribution is 2.27. The summed E-state index contributed by atoms with van der Waals surface area (Å²) in [7, 11) is 1.72. The highest BCUT2D eigenvalue weighted by molar-refractivity contribution is 5.28. The van der Waals surface area contributed by atoms with Crippen molar-refractivity contribution in [1.82, 2.24) is 4.90 Å². The molecule has 0 bridgehead atoms. The Morgan fingerprint density at radius 3 is 2.83 bits per heavy atom. The van der Waals surface area contributed by atoms with E-state index in [9.17, 15) is 0 Å². The number of hydrogen-bond donors (Lipinski definition) is 1. The minimum Gasteiger partial charge on any atom is -0.497 e. The van der Waals surface area contributed by atoms with Crippen molar-refractivity contribution < 1.29 is 4.74 Å². The van der Waals surface area contributed by atoms with E-state index in [1.165, 1.54) is 24.8 Å². The second kappa shape index (κ2) is 6.76. The molecule has 3 heteroatoms. The van der Waals surface area contributed by atoms with Gasteiger partial charge in [0.1, 0.15) is 5.75 Å². The van der Waals surface area contributed by atoms with E-state index >= 15 is 0 Å². The number of nitrogens with two attached hydrogens (primary N) is 1. The fourth-order valence-electron chi connectivity index (χ4n) is 2.44. The maximum atomic E-state index is 5.63. The number of ether oxygens (including phenoxy) is 1. The van der Waals surface area contributed by atoms with Gasteiger partial charge in [0.2, 0.25) is 0 Å². The third kappa shape index (κ3) is 3.47. The Balaban J connectivity index is 1.97. The Morgan fingerprint density at radius 1 is 1.39 bits per heavy atom. The first-order chi connectivity index (χ1) is 8.83. The van der Waals surface area contributed by atoms with Gasteiger partial charge in [-0.05, 0) is 50.0 Å². The molecule has 1 fully saturated rings. The molecule has 0 radical (unpaired) electrons. The molecule has 0 atom stereocenters. The van der Waals surface area contributed by atoms with Crippen LogP contribution in [0.4, 0.5) is 0 Å². The summed E-state index contributed by atoms with van der Waals surface area (Å²) in [6.45, 7) is 2.90. The lowest BCUT2D eigenvalue weighted by Gasteiger charge is -2.37. The van der Waals surface area contributed by atoms with E-state index in [4.69, 9.17) is 10.5 Å². The fraction of sp³-hybridized carbons (Fsp3) is 0.600. The molecule has 3 nitrogen and oxygen atoms in total. The van der Waals surface area contributed by atoms with Crippen LogP contribution in [0.5, 0.6) is 5.75 Å². The van der Waals surface area contributed by atoms with E-state index in [1.807, 2.05) is 6.07 Å². The molecule has 0 saturated heterocycles. The van der Waals surface area contributed by atoms with Crippen LogP contribution in [0.15, 0.2) is 24.3 Å². The maximum absolute atomic E-state index is 5.63. The summed E-state index contributed by atoms with van der Waals surface area (Å²) in [5, 5.41) is 0. The van der Waals surface area contributed by atoms with Gasteiger partial charge in [0.05, 0.1) is 7.11 Å². The SMILES string of the molecule is COc1cccc(CN(CCCN)C2CCC2)c1. The van der Waals surface area contributed by atoms with Gasteiger partial charge in [0.25, 0.3) is 0 Å². The molecule has 2 rings (SSSR count). The highest BCUT2D eigenvalue weighted by Gasteiger charge is 2.24. The molecule has 0 heterocycles. The molecule has 1 aliphatic rings. The summed E-state index contributed by atoms with van der Waals surface area (Å²) >= 11 is 0. The van der Waals surface area contributed by atoms with Crippen LogP contribution >= 0.6 is 0 Å². The molecule has 100 valence electrons. The van der Waals surface area contributed by atoms with E-state index in [-0.39, 0.29) is 0 Å². The minimum atomic E-state index is 0.766. The van der Waals surface area contributed by atoms with Crippen LogP contribution in [-0.2, 0) is 6.54 Å². The van der Waals surface area contributed by atoms with Crippen molar-refractivity contribution >= 4 is 0 Å². The van der Waals surface area contributed by atoms with E-state index in [0.717, 1.165) is 37.8 Å². The van der Waals surface area contributed by atoms with E-state index in [2.05, 4.69) is 23.1 Å². The molecule has 0 amide bonds. The summed E-state index contributed by atoms with van der Waals surface area (Å²) in [5.74, 6) is 0.944. The number of rotatable bonds is 7. The number of hydrogen-bond acceptors (Lipinski definition) is 3. The first-order valence-electron chi connectivity index (χ1n) is 6.90. The second-order valence-corrected chi connectivity index (χ2v) is 5.05. The summed E-state index contributed by atoms with van der Waals surface area (Å²) in [6, 6.07) is 9.14. The molecule has 18 heavy (non-hydrogen) atoms. The van der Waals surface area contributed by atoms with Gasteiger partial charge in [-0.2, -0.15) is 0 Å². The highest BCUT2D eigenvalue weighted by atomic mass is 16.5. The van der Waals surface area contributed by atoms with Crippen LogP contribution < -0.4 is 10.5 Å². The topological polar surface area (TPSA) is 38.5 Å². The van der Waals surface area contributed by atoms with Crippen molar-refractivity contribution in [2.45, 2.75) is 38.3 Å². The Labute approximate surface area is 110 Å². The molecular weight excluding hydrogens is 224 g/mol. The molecule has 0 spiro atoms. The molecule has 2 N–H and O–H groups in total. The molecule has 1 aliphatic carbocycles. The zero-order valence-electron chi connectivity index (χ0n) is 11.3. The summed E-state index contributed by atoms with van der Waals surface area (Å²) < 4.78 is 5.28. The lowest BCUT2D eigenvalue weighted by atomic mass is 9.91. The van der Waals surface area contributed by atoms with Crippen LogP contribution in [0, 0.1) is 0 Å². The Kier molecular flexibility index (Phi) is 5.02. The van der Waals surface area contributed by atoms with Gasteiger partial charge < -0.3 is 10.5 Å². The lowest BCUT2D eigenvalue weighted by Crippen LogP contribution is -2.40. The quantitative estimate of drug-likeness (QED) is 0.805. The van der Waals surface area contributed by atoms with Crippen LogP contribution in [0.2, 0.25) is 0 Å².